The average Bonchev–Trinajstić information content (AvgIpc) is 3.17. The molecular formula is C23H28N2O2. The summed E-state index contributed by atoms with van der Waals surface area (Å²) in [5.74, 6) is -0.363. The number of rotatable bonds is 6. The Kier molecular flexibility index (Phi) is 5.94. The Morgan fingerprint density at radius 2 is 1.74 bits per heavy atom. The molecule has 1 saturated carbocycles. The first-order valence-corrected chi connectivity index (χ1v) is 9.71. The summed E-state index contributed by atoms with van der Waals surface area (Å²) in [6.45, 7) is 4.28. The van der Waals surface area contributed by atoms with Crippen LogP contribution in [0.25, 0.3) is 0 Å². The summed E-state index contributed by atoms with van der Waals surface area (Å²) in [4.78, 5) is 24.9. The third kappa shape index (κ3) is 4.57. The molecule has 0 radical (unpaired) electrons. The molecule has 2 amide bonds. The van der Waals surface area contributed by atoms with E-state index in [2.05, 4.69) is 34.9 Å². The lowest BCUT2D eigenvalue weighted by atomic mass is 9.79. The van der Waals surface area contributed by atoms with Gasteiger partial charge >= 0.3 is 0 Å². The average molecular weight is 364 g/mol. The molecule has 2 N–H and O–H groups in total. The minimum atomic E-state index is -0.577. The van der Waals surface area contributed by atoms with Gasteiger partial charge in [0.2, 0.25) is 5.91 Å². The van der Waals surface area contributed by atoms with Crippen molar-refractivity contribution in [3.8, 4) is 0 Å². The molecule has 0 aromatic heterocycles. The number of hydrogen-bond acceptors (Lipinski definition) is 2. The molecule has 0 bridgehead atoms. The zero-order valence-electron chi connectivity index (χ0n) is 16.1. The third-order valence-corrected chi connectivity index (χ3v) is 5.57. The molecule has 27 heavy (non-hydrogen) atoms. The van der Waals surface area contributed by atoms with Gasteiger partial charge in [-0.05, 0) is 44.4 Å². The fourth-order valence-corrected chi connectivity index (χ4v) is 3.95. The Hall–Kier alpha value is -2.62. The van der Waals surface area contributed by atoms with E-state index in [0.717, 1.165) is 18.4 Å². The Balaban J connectivity index is 1.60. The molecule has 4 heteroatoms. The van der Waals surface area contributed by atoms with Crippen LogP contribution >= 0.6 is 0 Å². The lowest BCUT2D eigenvalue weighted by Crippen LogP contribution is -2.48. The summed E-state index contributed by atoms with van der Waals surface area (Å²) >= 11 is 0. The monoisotopic (exact) mass is 364 g/mol. The molecule has 1 aliphatic rings. The lowest BCUT2D eigenvalue weighted by molar-refractivity contribution is -0.122. The van der Waals surface area contributed by atoms with Crippen LogP contribution in [0.3, 0.4) is 0 Å². The van der Waals surface area contributed by atoms with E-state index in [-0.39, 0.29) is 17.2 Å². The topological polar surface area (TPSA) is 58.2 Å². The zero-order valence-corrected chi connectivity index (χ0v) is 16.1. The standard InChI is InChI=1S/C23H28N2O2/c1-17-9-8-10-19(15-17)22(27)25-18(2)21(26)24-16-23(13-6-7-14-23)20-11-4-3-5-12-20/h3-5,8-12,15,18H,6-7,13-14,16H2,1-2H3,(H,24,26)(H,25,27). The first kappa shape index (κ1) is 19.2. The van der Waals surface area contributed by atoms with Crippen LogP contribution in [0.1, 0.15) is 54.1 Å². The molecule has 4 nitrogen and oxygen atoms in total. The van der Waals surface area contributed by atoms with E-state index >= 15 is 0 Å². The molecule has 1 unspecified atom stereocenters. The number of benzene rings is 2. The van der Waals surface area contributed by atoms with E-state index in [0.29, 0.717) is 12.1 Å². The van der Waals surface area contributed by atoms with Crippen LogP contribution in [0.15, 0.2) is 54.6 Å². The summed E-state index contributed by atoms with van der Waals surface area (Å²) in [6, 6.07) is 17.2. The van der Waals surface area contributed by atoms with Gasteiger partial charge in [-0.1, -0.05) is 60.9 Å². The van der Waals surface area contributed by atoms with Gasteiger partial charge in [0.05, 0.1) is 0 Å². The highest BCUT2D eigenvalue weighted by atomic mass is 16.2. The van der Waals surface area contributed by atoms with E-state index in [9.17, 15) is 9.59 Å². The SMILES string of the molecule is Cc1cccc(C(=O)NC(C)C(=O)NCC2(c3ccccc3)CCCC2)c1. The molecular weight excluding hydrogens is 336 g/mol. The molecule has 1 fully saturated rings. The predicted octanol–water partition coefficient (Wildman–Crippen LogP) is 3.74. The maximum atomic E-state index is 12.6. The van der Waals surface area contributed by atoms with Gasteiger partial charge < -0.3 is 10.6 Å². The van der Waals surface area contributed by atoms with Crippen LogP contribution in [-0.4, -0.2) is 24.4 Å². The molecule has 142 valence electrons. The summed E-state index contributed by atoms with van der Waals surface area (Å²) in [6.07, 6.45) is 4.54. The van der Waals surface area contributed by atoms with Gasteiger partial charge in [0.25, 0.3) is 5.91 Å². The molecule has 2 aromatic carbocycles. The molecule has 0 heterocycles. The molecule has 0 aliphatic heterocycles. The fraction of sp³-hybridized carbons (Fsp3) is 0.391. The smallest absolute Gasteiger partial charge is 0.251 e. The summed E-state index contributed by atoms with van der Waals surface area (Å²) in [5, 5.41) is 5.88. The maximum Gasteiger partial charge on any atom is 0.251 e. The van der Waals surface area contributed by atoms with Crippen LogP contribution < -0.4 is 10.6 Å². The third-order valence-electron chi connectivity index (χ3n) is 5.57. The zero-order chi connectivity index (χ0) is 19.3. The normalized spacial score (nSPS) is 16.5. The van der Waals surface area contributed by atoms with Crippen molar-refractivity contribution in [3.63, 3.8) is 0 Å². The number of amides is 2. The quantitative estimate of drug-likeness (QED) is 0.820. The fourth-order valence-electron chi connectivity index (χ4n) is 3.95. The van der Waals surface area contributed by atoms with Crippen molar-refractivity contribution in [3.05, 3.63) is 71.3 Å². The van der Waals surface area contributed by atoms with Crippen molar-refractivity contribution in [1.29, 1.82) is 0 Å². The van der Waals surface area contributed by atoms with Gasteiger partial charge in [-0.25, -0.2) is 0 Å². The molecule has 1 atom stereocenters. The highest BCUT2D eigenvalue weighted by Gasteiger charge is 2.36. The van der Waals surface area contributed by atoms with Crippen molar-refractivity contribution in [2.75, 3.05) is 6.54 Å². The van der Waals surface area contributed by atoms with Crippen LogP contribution in [0.4, 0.5) is 0 Å². The highest BCUT2D eigenvalue weighted by molar-refractivity contribution is 5.97. The van der Waals surface area contributed by atoms with Gasteiger partial charge in [-0.15, -0.1) is 0 Å². The van der Waals surface area contributed by atoms with Crippen molar-refractivity contribution in [1.82, 2.24) is 10.6 Å². The first-order chi connectivity index (χ1) is 13.0. The van der Waals surface area contributed by atoms with Crippen LogP contribution in [0.5, 0.6) is 0 Å². The van der Waals surface area contributed by atoms with Crippen molar-refractivity contribution >= 4 is 11.8 Å². The summed E-state index contributed by atoms with van der Waals surface area (Å²) < 4.78 is 0. The minimum absolute atomic E-state index is 0.0111. The van der Waals surface area contributed by atoms with E-state index < -0.39 is 6.04 Å². The predicted molar refractivity (Wildman–Crippen MR) is 108 cm³/mol. The number of nitrogens with one attached hydrogen (secondary N) is 2. The second-order valence-corrected chi connectivity index (χ2v) is 7.64. The van der Waals surface area contributed by atoms with Gasteiger partial charge in [-0.3, -0.25) is 9.59 Å². The van der Waals surface area contributed by atoms with Crippen molar-refractivity contribution in [2.45, 2.75) is 51.0 Å². The second kappa shape index (κ2) is 8.38. The molecule has 0 spiro atoms. The van der Waals surface area contributed by atoms with Crippen molar-refractivity contribution < 1.29 is 9.59 Å². The molecule has 1 aliphatic carbocycles. The Morgan fingerprint density at radius 3 is 2.41 bits per heavy atom. The summed E-state index contributed by atoms with van der Waals surface area (Å²) in [7, 11) is 0. The van der Waals surface area contributed by atoms with Gasteiger partial charge in [0.1, 0.15) is 6.04 Å². The number of carbonyl (C=O) groups excluding carboxylic acids is 2. The van der Waals surface area contributed by atoms with Crippen LogP contribution in [0, 0.1) is 6.92 Å². The van der Waals surface area contributed by atoms with E-state index in [4.69, 9.17) is 0 Å². The van der Waals surface area contributed by atoms with Gasteiger partial charge in [0.15, 0.2) is 0 Å². The van der Waals surface area contributed by atoms with Gasteiger partial charge in [0, 0.05) is 17.5 Å². The number of hydrogen-bond donors (Lipinski definition) is 2. The highest BCUT2D eigenvalue weighted by Crippen LogP contribution is 2.40. The van der Waals surface area contributed by atoms with Crippen LogP contribution in [0.2, 0.25) is 0 Å². The lowest BCUT2D eigenvalue weighted by Gasteiger charge is -2.30. The number of aryl methyl sites for hydroxylation is 1. The second-order valence-electron chi connectivity index (χ2n) is 7.64. The van der Waals surface area contributed by atoms with E-state index in [1.165, 1.54) is 18.4 Å². The first-order valence-electron chi connectivity index (χ1n) is 9.71. The van der Waals surface area contributed by atoms with E-state index in [1.807, 2.05) is 31.2 Å². The van der Waals surface area contributed by atoms with Gasteiger partial charge in [-0.2, -0.15) is 0 Å². The number of carbonyl (C=O) groups is 2. The molecule has 0 saturated heterocycles. The van der Waals surface area contributed by atoms with Crippen LogP contribution in [-0.2, 0) is 10.2 Å². The van der Waals surface area contributed by atoms with E-state index in [1.54, 1.807) is 13.0 Å². The summed E-state index contributed by atoms with van der Waals surface area (Å²) in [5.41, 5.74) is 2.90. The van der Waals surface area contributed by atoms with Crippen molar-refractivity contribution in [2.24, 2.45) is 0 Å². The Morgan fingerprint density at radius 1 is 1.04 bits per heavy atom. The largest absolute Gasteiger partial charge is 0.353 e. The Labute approximate surface area is 161 Å². The maximum absolute atomic E-state index is 12.6. The molecule has 3 rings (SSSR count). The Bertz CT molecular complexity index is 795. The molecule has 2 aromatic rings. The minimum Gasteiger partial charge on any atom is -0.353 e.